The molecule has 2 fully saturated rings. The summed E-state index contributed by atoms with van der Waals surface area (Å²) < 4.78 is 11.9. The Morgan fingerprint density at radius 3 is 1.86 bits per heavy atom. The van der Waals surface area contributed by atoms with Gasteiger partial charge < -0.3 is 45.4 Å². The molecule has 0 unspecified atom stereocenters. The van der Waals surface area contributed by atoms with Crippen LogP contribution in [-0.4, -0.2) is 133 Å². The fourth-order valence-corrected chi connectivity index (χ4v) is 5.06. The average molecular weight is 491 g/mol. The first-order chi connectivity index (χ1) is 17.3. The fourth-order valence-electron chi connectivity index (χ4n) is 5.06. The molecule has 0 spiro atoms. The Bertz CT molecular complexity index is 727. The van der Waals surface area contributed by atoms with Gasteiger partial charge in [-0.25, -0.2) is 4.98 Å². The Labute approximate surface area is 211 Å². The molecular weight excluding hydrogens is 444 g/mol. The van der Waals surface area contributed by atoms with Crippen molar-refractivity contribution in [1.29, 1.82) is 0 Å². The first-order valence-electron chi connectivity index (χ1n) is 13.6. The summed E-state index contributed by atoms with van der Waals surface area (Å²) in [6.45, 7) is 18.0. The van der Waals surface area contributed by atoms with Crippen LogP contribution in [0.25, 0.3) is 0 Å². The Morgan fingerprint density at radius 2 is 1.26 bits per heavy atom. The number of pyridine rings is 1. The summed E-state index contributed by atoms with van der Waals surface area (Å²) in [5.41, 5.74) is 7.91. The van der Waals surface area contributed by atoms with Gasteiger partial charge in [0.2, 0.25) is 0 Å². The molecular formula is C25H46N8O2. The molecule has 0 amide bonds. The second-order valence-corrected chi connectivity index (χ2v) is 9.70. The maximum atomic E-state index is 6.09. The summed E-state index contributed by atoms with van der Waals surface area (Å²) in [7, 11) is 0. The van der Waals surface area contributed by atoms with Gasteiger partial charge in [-0.3, -0.25) is 0 Å². The van der Waals surface area contributed by atoms with Crippen molar-refractivity contribution in [3.8, 4) is 0 Å². The van der Waals surface area contributed by atoms with Crippen molar-refractivity contribution in [2.45, 2.75) is 12.8 Å². The van der Waals surface area contributed by atoms with Crippen molar-refractivity contribution >= 4 is 17.2 Å². The minimum atomic E-state index is 0.705. The molecule has 0 aliphatic carbocycles. The van der Waals surface area contributed by atoms with Crippen molar-refractivity contribution in [1.82, 2.24) is 25.4 Å². The highest BCUT2D eigenvalue weighted by atomic mass is 16.5. The van der Waals surface area contributed by atoms with E-state index in [1.165, 1.54) is 0 Å². The van der Waals surface area contributed by atoms with E-state index in [1.807, 2.05) is 6.07 Å². The number of nitrogens with two attached hydrogens (primary N) is 1. The number of nitrogens with one attached hydrogen (secondary N) is 2. The first-order valence-corrected chi connectivity index (χ1v) is 13.6. The molecule has 198 valence electrons. The van der Waals surface area contributed by atoms with Crippen LogP contribution in [-0.2, 0) is 9.47 Å². The Balaban J connectivity index is 1.13. The number of fused-ring (bicyclic) bond motifs is 1. The maximum absolute atomic E-state index is 6.09. The van der Waals surface area contributed by atoms with Crippen LogP contribution in [0.5, 0.6) is 0 Å². The molecule has 1 aromatic rings. The summed E-state index contributed by atoms with van der Waals surface area (Å²) >= 11 is 0. The van der Waals surface area contributed by atoms with E-state index >= 15 is 0 Å². The van der Waals surface area contributed by atoms with Gasteiger partial charge >= 0.3 is 0 Å². The predicted molar refractivity (Wildman–Crippen MR) is 143 cm³/mol. The highest BCUT2D eigenvalue weighted by molar-refractivity contribution is 5.72. The molecule has 3 aliphatic rings. The van der Waals surface area contributed by atoms with E-state index in [0.29, 0.717) is 5.69 Å². The van der Waals surface area contributed by atoms with E-state index in [9.17, 15) is 0 Å². The van der Waals surface area contributed by atoms with Crippen molar-refractivity contribution in [3.05, 3.63) is 12.3 Å². The standard InChI is InChI=1S/C25H46N8O2/c26-23-21-24-25(29-22-23)33(16-20-35-18-2-8-31-11-5-28-6-12-31)14-13-32(24)15-19-34-17-1-7-30-9-3-27-4-10-30/h21-22,27-28H,1-20,26H2. The molecule has 10 nitrogen and oxygen atoms in total. The summed E-state index contributed by atoms with van der Waals surface area (Å²) in [4.78, 5) is 14.4. The summed E-state index contributed by atoms with van der Waals surface area (Å²) in [6.07, 6.45) is 3.94. The zero-order chi connectivity index (χ0) is 24.1. The lowest BCUT2D eigenvalue weighted by Gasteiger charge is -2.38. The fraction of sp³-hybridized carbons (Fsp3) is 0.800. The lowest BCUT2D eigenvalue weighted by molar-refractivity contribution is 0.121. The number of anilines is 3. The van der Waals surface area contributed by atoms with Gasteiger partial charge in [-0.1, -0.05) is 0 Å². The van der Waals surface area contributed by atoms with Crippen LogP contribution >= 0.6 is 0 Å². The number of rotatable bonds is 14. The van der Waals surface area contributed by atoms with Gasteiger partial charge in [-0.15, -0.1) is 0 Å². The molecule has 3 aliphatic heterocycles. The molecule has 35 heavy (non-hydrogen) atoms. The number of hydrogen-bond donors (Lipinski definition) is 3. The average Bonchev–Trinajstić information content (AvgIpc) is 2.90. The molecule has 4 heterocycles. The van der Waals surface area contributed by atoms with Crippen LogP contribution in [0, 0.1) is 0 Å². The minimum absolute atomic E-state index is 0.705. The third kappa shape index (κ3) is 8.73. The summed E-state index contributed by atoms with van der Waals surface area (Å²) in [5, 5.41) is 6.80. The maximum Gasteiger partial charge on any atom is 0.152 e. The van der Waals surface area contributed by atoms with Crippen LogP contribution in [0.3, 0.4) is 0 Å². The van der Waals surface area contributed by atoms with Gasteiger partial charge in [0, 0.05) is 105 Å². The molecule has 10 heteroatoms. The highest BCUT2D eigenvalue weighted by Crippen LogP contribution is 2.32. The molecule has 2 saturated heterocycles. The predicted octanol–water partition coefficient (Wildman–Crippen LogP) is -0.0860. The molecule has 1 aromatic heterocycles. The first kappa shape index (κ1) is 26.4. The molecule has 0 saturated carbocycles. The SMILES string of the molecule is Nc1cnc2c(c1)N(CCOCCCN1CCNCC1)CCN2CCOCCCN1CCNCC1. The number of hydrogen-bond acceptors (Lipinski definition) is 10. The van der Waals surface area contributed by atoms with Gasteiger partial charge in [-0.05, 0) is 18.9 Å². The Hall–Kier alpha value is -1.69. The van der Waals surface area contributed by atoms with Crippen LogP contribution < -0.4 is 26.2 Å². The van der Waals surface area contributed by atoms with E-state index in [0.717, 1.165) is 142 Å². The minimum Gasteiger partial charge on any atom is -0.397 e. The van der Waals surface area contributed by atoms with Crippen molar-refractivity contribution in [2.24, 2.45) is 0 Å². The van der Waals surface area contributed by atoms with Gasteiger partial charge in [0.05, 0.1) is 30.8 Å². The second-order valence-electron chi connectivity index (χ2n) is 9.70. The van der Waals surface area contributed by atoms with Gasteiger partial charge in [0.1, 0.15) is 0 Å². The molecule has 0 bridgehead atoms. The zero-order valence-corrected chi connectivity index (χ0v) is 21.4. The lowest BCUT2D eigenvalue weighted by Crippen LogP contribution is -2.44. The van der Waals surface area contributed by atoms with Crippen molar-refractivity contribution in [2.75, 3.05) is 134 Å². The van der Waals surface area contributed by atoms with Crippen molar-refractivity contribution < 1.29 is 9.47 Å². The monoisotopic (exact) mass is 490 g/mol. The van der Waals surface area contributed by atoms with E-state index in [4.69, 9.17) is 15.2 Å². The molecule has 0 radical (unpaired) electrons. The van der Waals surface area contributed by atoms with Gasteiger partial charge in [0.15, 0.2) is 5.82 Å². The van der Waals surface area contributed by atoms with E-state index in [2.05, 4.69) is 35.2 Å². The number of nitrogens with zero attached hydrogens (tertiary/aromatic N) is 5. The van der Waals surface area contributed by atoms with E-state index in [1.54, 1.807) is 6.20 Å². The largest absolute Gasteiger partial charge is 0.397 e. The van der Waals surface area contributed by atoms with E-state index in [-0.39, 0.29) is 0 Å². The van der Waals surface area contributed by atoms with Gasteiger partial charge in [-0.2, -0.15) is 0 Å². The molecule has 4 N–H and O–H groups in total. The topological polar surface area (TPSA) is 94.4 Å². The van der Waals surface area contributed by atoms with Crippen molar-refractivity contribution in [3.63, 3.8) is 0 Å². The quantitative estimate of drug-likeness (QED) is 0.307. The number of nitrogen functional groups attached to an aromatic ring is 1. The van der Waals surface area contributed by atoms with E-state index < -0.39 is 0 Å². The normalized spacial score (nSPS) is 19.8. The molecule has 0 atom stereocenters. The molecule has 4 rings (SSSR count). The number of aromatic nitrogens is 1. The number of piperazine rings is 2. The summed E-state index contributed by atoms with van der Waals surface area (Å²) in [5.74, 6) is 1.01. The second kappa shape index (κ2) is 14.8. The summed E-state index contributed by atoms with van der Waals surface area (Å²) in [6, 6.07) is 2.05. The lowest BCUT2D eigenvalue weighted by atomic mass is 10.2. The third-order valence-corrected chi connectivity index (χ3v) is 7.10. The zero-order valence-electron chi connectivity index (χ0n) is 21.4. The Morgan fingerprint density at radius 1 is 0.714 bits per heavy atom. The molecule has 0 aromatic carbocycles. The smallest absolute Gasteiger partial charge is 0.152 e. The van der Waals surface area contributed by atoms with Crippen LogP contribution in [0.15, 0.2) is 12.3 Å². The Kier molecular flexibility index (Phi) is 11.1. The van der Waals surface area contributed by atoms with Crippen LogP contribution in [0.4, 0.5) is 17.2 Å². The van der Waals surface area contributed by atoms with Crippen LogP contribution in [0.2, 0.25) is 0 Å². The highest BCUT2D eigenvalue weighted by Gasteiger charge is 2.24. The van der Waals surface area contributed by atoms with Crippen LogP contribution in [0.1, 0.15) is 12.8 Å². The van der Waals surface area contributed by atoms with Gasteiger partial charge in [0.25, 0.3) is 0 Å². The third-order valence-electron chi connectivity index (χ3n) is 7.10. The number of ether oxygens (including phenoxy) is 2.